The van der Waals surface area contributed by atoms with E-state index in [1.54, 1.807) is 17.0 Å². The Hall–Kier alpha value is -4.50. The van der Waals surface area contributed by atoms with Gasteiger partial charge in [-0.15, -0.1) is 0 Å². The topological polar surface area (TPSA) is 85.7 Å². The Morgan fingerprint density at radius 1 is 1.00 bits per heavy atom. The summed E-state index contributed by atoms with van der Waals surface area (Å²) in [6.45, 7) is 2.36. The third kappa shape index (κ3) is 3.88. The van der Waals surface area contributed by atoms with Crippen molar-refractivity contribution in [3.05, 3.63) is 112 Å². The highest BCUT2D eigenvalue weighted by Crippen LogP contribution is 2.41. The lowest BCUT2D eigenvalue weighted by molar-refractivity contribution is 0.0602. The van der Waals surface area contributed by atoms with Crippen LogP contribution in [0.4, 0.5) is 4.39 Å². The van der Waals surface area contributed by atoms with Crippen LogP contribution in [0.25, 0.3) is 21.8 Å². The molecule has 6 rings (SSSR count). The predicted octanol–water partition coefficient (Wildman–Crippen LogP) is 5.42. The number of hydrogen-bond donors (Lipinski definition) is 0. The quantitative estimate of drug-likeness (QED) is 0.277. The third-order valence-electron chi connectivity index (χ3n) is 7.07. The minimum Gasteiger partial charge on any atom is -0.465 e. The zero-order valence-corrected chi connectivity index (χ0v) is 22.0. The first kappa shape index (κ1) is 24.8. The number of esters is 1. The van der Waals surface area contributed by atoms with Crippen molar-refractivity contribution in [2.75, 3.05) is 7.11 Å². The van der Waals surface area contributed by atoms with Crippen LogP contribution in [-0.2, 0) is 27.8 Å². The first-order valence-electron chi connectivity index (χ1n) is 12.2. The summed E-state index contributed by atoms with van der Waals surface area (Å²) in [7, 11) is -3.07. The van der Waals surface area contributed by atoms with E-state index in [0.29, 0.717) is 12.1 Å². The van der Waals surface area contributed by atoms with Gasteiger partial charge in [0.15, 0.2) is 0 Å². The van der Waals surface area contributed by atoms with E-state index < -0.39 is 21.8 Å². The number of aromatic nitrogens is 1. The molecule has 1 aromatic heterocycles. The Balaban J connectivity index is 1.69. The number of carbonyl (C=O) groups is 2. The van der Waals surface area contributed by atoms with Gasteiger partial charge in [-0.1, -0.05) is 48.0 Å². The smallest absolute Gasteiger partial charge is 0.340 e. The fraction of sp³-hybridized carbons (Fsp3) is 0.133. The zero-order valence-electron chi connectivity index (χ0n) is 21.1. The second-order valence-electron chi connectivity index (χ2n) is 9.56. The van der Waals surface area contributed by atoms with Crippen LogP contribution in [0, 0.1) is 12.7 Å². The molecule has 7 nitrogen and oxygen atoms in total. The molecule has 0 bridgehead atoms. The van der Waals surface area contributed by atoms with Crippen LogP contribution in [0.15, 0.2) is 83.8 Å². The van der Waals surface area contributed by atoms with Crippen LogP contribution < -0.4 is 0 Å². The number of nitrogens with zero attached hydrogens (tertiary/aromatic N) is 2. The fourth-order valence-electron chi connectivity index (χ4n) is 5.27. The molecule has 39 heavy (non-hydrogen) atoms. The van der Waals surface area contributed by atoms with Gasteiger partial charge < -0.3 is 9.64 Å². The van der Waals surface area contributed by atoms with Crippen LogP contribution in [-0.4, -0.2) is 36.3 Å². The molecule has 0 fully saturated rings. The molecule has 5 aromatic rings. The number of hydrogen-bond acceptors (Lipinski definition) is 5. The molecule has 0 radical (unpaired) electrons. The van der Waals surface area contributed by atoms with Crippen molar-refractivity contribution in [3.8, 4) is 0 Å². The van der Waals surface area contributed by atoms with E-state index in [2.05, 4.69) is 0 Å². The van der Waals surface area contributed by atoms with Crippen LogP contribution in [0.1, 0.15) is 37.4 Å². The Labute approximate surface area is 224 Å². The van der Waals surface area contributed by atoms with Crippen LogP contribution in [0.5, 0.6) is 0 Å². The molecular formula is C30H23FN2O5S. The monoisotopic (exact) mass is 542 g/mol. The normalized spacial score (nSPS) is 13.3. The van der Waals surface area contributed by atoms with E-state index in [1.807, 2.05) is 37.3 Å². The SMILES string of the molecule is COC(=O)c1cc2c(c3c4cc(F)ccc4n(S(=O)(=O)c4ccc(C)cc4)c13)C(=O)N(Cc1ccccc1)C2. The minimum atomic E-state index is -4.28. The lowest BCUT2D eigenvalue weighted by Gasteiger charge is -2.15. The molecule has 1 aliphatic heterocycles. The second-order valence-corrected chi connectivity index (χ2v) is 11.4. The van der Waals surface area contributed by atoms with Crippen LogP contribution >= 0.6 is 0 Å². The minimum absolute atomic E-state index is 0.00966. The molecule has 0 aliphatic carbocycles. The molecule has 0 atom stereocenters. The number of rotatable bonds is 5. The van der Waals surface area contributed by atoms with Crippen molar-refractivity contribution >= 4 is 43.7 Å². The zero-order chi connectivity index (χ0) is 27.5. The van der Waals surface area contributed by atoms with E-state index in [1.165, 1.54) is 37.4 Å². The molecule has 0 saturated carbocycles. The molecule has 1 aliphatic rings. The van der Waals surface area contributed by atoms with Gasteiger partial charge in [0, 0.05) is 23.9 Å². The Kier molecular flexibility index (Phi) is 5.76. The van der Waals surface area contributed by atoms with Crippen LogP contribution in [0.3, 0.4) is 0 Å². The highest BCUT2D eigenvalue weighted by atomic mass is 32.2. The highest BCUT2D eigenvalue weighted by Gasteiger charge is 2.36. The molecular weight excluding hydrogens is 519 g/mol. The van der Waals surface area contributed by atoms with Crippen molar-refractivity contribution < 1.29 is 27.1 Å². The van der Waals surface area contributed by atoms with Crippen molar-refractivity contribution in [2.45, 2.75) is 24.9 Å². The summed E-state index contributed by atoms with van der Waals surface area (Å²) < 4.78 is 48.9. The van der Waals surface area contributed by atoms with E-state index in [0.717, 1.165) is 21.2 Å². The summed E-state index contributed by atoms with van der Waals surface area (Å²) >= 11 is 0. The van der Waals surface area contributed by atoms with Gasteiger partial charge in [-0.05, 0) is 54.4 Å². The van der Waals surface area contributed by atoms with Crippen molar-refractivity contribution in [1.29, 1.82) is 0 Å². The third-order valence-corrected chi connectivity index (χ3v) is 8.80. The van der Waals surface area contributed by atoms with Gasteiger partial charge in [-0.3, -0.25) is 4.79 Å². The van der Waals surface area contributed by atoms with Gasteiger partial charge in [-0.25, -0.2) is 21.6 Å². The molecule has 2 heterocycles. The Morgan fingerprint density at radius 3 is 2.41 bits per heavy atom. The van der Waals surface area contributed by atoms with Gasteiger partial charge in [0.25, 0.3) is 15.9 Å². The summed E-state index contributed by atoms with van der Waals surface area (Å²) in [6.07, 6.45) is 0. The van der Waals surface area contributed by atoms with E-state index in [9.17, 15) is 22.4 Å². The first-order chi connectivity index (χ1) is 18.7. The average Bonchev–Trinajstić information content (AvgIpc) is 3.42. The molecule has 0 saturated heterocycles. The van der Waals surface area contributed by atoms with E-state index in [-0.39, 0.29) is 50.3 Å². The number of methoxy groups -OCH3 is 1. The standard InChI is InChI=1S/C30H23FN2O5S/c1-18-8-11-22(12-9-18)39(36,37)33-25-13-10-21(31)15-23(25)27-26-20(14-24(28(27)33)30(35)38-2)17-32(29(26)34)16-19-6-4-3-5-7-19/h3-15H,16-17H2,1-2H3. The number of amides is 1. The lowest BCUT2D eigenvalue weighted by Crippen LogP contribution is -2.23. The van der Waals surface area contributed by atoms with Crippen LogP contribution in [0.2, 0.25) is 0 Å². The number of benzene rings is 4. The maximum Gasteiger partial charge on any atom is 0.340 e. The average molecular weight is 543 g/mol. The number of carbonyl (C=O) groups excluding carboxylic acids is 2. The lowest BCUT2D eigenvalue weighted by atomic mass is 9.98. The number of ether oxygens (including phenoxy) is 1. The van der Waals surface area contributed by atoms with Gasteiger partial charge in [-0.2, -0.15) is 0 Å². The van der Waals surface area contributed by atoms with Crippen molar-refractivity contribution in [1.82, 2.24) is 8.87 Å². The summed E-state index contributed by atoms with van der Waals surface area (Å²) in [5.74, 6) is -1.69. The Bertz CT molecular complexity index is 1910. The van der Waals surface area contributed by atoms with E-state index >= 15 is 0 Å². The highest BCUT2D eigenvalue weighted by molar-refractivity contribution is 7.90. The van der Waals surface area contributed by atoms with Gasteiger partial charge in [0.05, 0.1) is 34.2 Å². The largest absolute Gasteiger partial charge is 0.465 e. The van der Waals surface area contributed by atoms with E-state index in [4.69, 9.17) is 4.74 Å². The Morgan fingerprint density at radius 2 is 1.72 bits per heavy atom. The summed E-state index contributed by atoms with van der Waals surface area (Å²) in [5, 5.41) is 0.427. The number of aryl methyl sites for hydroxylation is 1. The maximum atomic E-state index is 14.6. The fourth-order valence-corrected chi connectivity index (χ4v) is 6.81. The summed E-state index contributed by atoms with van der Waals surface area (Å²) in [5.41, 5.74) is 2.69. The second kappa shape index (κ2) is 9.06. The number of halogens is 1. The van der Waals surface area contributed by atoms with Gasteiger partial charge in [0.2, 0.25) is 0 Å². The maximum absolute atomic E-state index is 14.6. The molecule has 9 heteroatoms. The molecule has 1 amide bonds. The molecule has 196 valence electrons. The summed E-state index contributed by atoms with van der Waals surface area (Å²) in [4.78, 5) is 28.5. The predicted molar refractivity (Wildman–Crippen MR) is 145 cm³/mol. The molecule has 0 unspecified atom stereocenters. The first-order valence-corrected chi connectivity index (χ1v) is 13.7. The number of fused-ring (bicyclic) bond motifs is 5. The van der Waals surface area contributed by atoms with Crippen molar-refractivity contribution in [2.24, 2.45) is 0 Å². The summed E-state index contributed by atoms with van der Waals surface area (Å²) in [6, 6.07) is 21.0. The molecule has 0 spiro atoms. The van der Waals surface area contributed by atoms with Crippen molar-refractivity contribution in [3.63, 3.8) is 0 Å². The van der Waals surface area contributed by atoms with Gasteiger partial charge >= 0.3 is 5.97 Å². The molecule has 0 N–H and O–H groups in total. The van der Waals surface area contributed by atoms with Gasteiger partial charge in [0.1, 0.15) is 5.82 Å². The molecule has 4 aromatic carbocycles.